The molecule has 2 aromatic heterocycles. The first-order valence-electron chi connectivity index (χ1n) is 12.7. The number of anilines is 1. The summed E-state index contributed by atoms with van der Waals surface area (Å²) >= 11 is 3.62. The molecule has 2 aromatic rings. The number of alkyl carbamates (subject to hydrolysis) is 1. The highest BCUT2D eigenvalue weighted by Gasteiger charge is 2.50. The number of nitrogens with zero attached hydrogens (tertiary/aromatic N) is 4. The topological polar surface area (TPSA) is 110 Å². The SMILES string of the molecule is COC(=O)CN1Cc2c(nc3c(Br)cnn3c2N[C@H]2CC[C@H](NC(=O)OC(C)(C)C)C2)C12CCCC2. The Morgan fingerprint density at radius 1 is 1.22 bits per heavy atom. The molecular weight excluding hydrogens is 528 g/mol. The Bertz CT molecular complexity index is 1170. The minimum absolute atomic E-state index is 0.0454. The maximum absolute atomic E-state index is 12.3. The van der Waals surface area contributed by atoms with Crippen molar-refractivity contribution < 1.29 is 19.1 Å². The Hall–Kier alpha value is -2.40. The van der Waals surface area contributed by atoms with Crippen LogP contribution in [0.4, 0.5) is 10.6 Å². The maximum Gasteiger partial charge on any atom is 0.407 e. The van der Waals surface area contributed by atoms with Crippen LogP contribution in [-0.4, -0.2) is 62.9 Å². The highest BCUT2D eigenvalue weighted by atomic mass is 79.9. The second-order valence-corrected chi connectivity index (χ2v) is 12.0. The van der Waals surface area contributed by atoms with Crippen molar-refractivity contribution in [3.05, 3.63) is 21.9 Å². The lowest BCUT2D eigenvalue weighted by Gasteiger charge is -2.34. The molecule has 0 bridgehead atoms. The van der Waals surface area contributed by atoms with Crippen LogP contribution in [0.1, 0.15) is 77.0 Å². The number of halogens is 1. The molecule has 0 saturated heterocycles. The van der Waals surface area contributed by atoms with Gasteiger partial charge in [0.2, 0.25) is 0 Å². The molecule has 0 aromatic carbocycles. The molecular formula is C25H35BrN6O4. The van der Waals surface area contributed by atoms with Crippen LogP contribution in [0, 0.1) is 0 Å². The second kappa shape index (κ2) is 9.48. The van der Waals surface area contributed by atoms with Crippen molar-refractivity contribution in [2.24, 2.45) is 0 Å². The summed E-state index contributed by atoms with van der Waals surface area (Å²) in [5, 5.41) is 11.4. The van der Waals surface area contributed by atoms with Crippen LogP contribution >= 0.6 is 15.9 Å². The molecule has 3 heterocycles. The number of rotatable bonds is 5. The molecule has 0 radical (unpaired) electrons. The van der Waals surface area contributed by atoms with E-state index in [4.69, 9.17) is 14.5 Å². The Morgan fingerprint density at radius 2 is 1.94 bits per heavy atom. The van der Waals surface area contributed by atoms with Crippen molar-refractivity contribution in [2.75, 3.05) is 19.0 Å². The van der Waals surface area contributed by atoms with E-state index in [1.807, 2.05) is 25.3 Å². The van der Waals surface area contributed by atoms with Crippen LogP contribution in [-0.2, 0) is 26.4 Å². The average Bonchev–Trinajstić information content (AvgIpc) is 3.58. The van der Waals surface area contributed by atoms with Crippen LogP contribution in [0.25, 0.3) is 5.65 Å². The first-order chi connectivity index (χ1) is 17.1. The zero-order valence-corrected chi connectivity index (χ0v) is 23.0. The van der Waals surface area contributed by atoms with Gasteiger partial charge in [-0.05, 0) is 68.8 Å². The Kier molecular flexibility index (Phi) is 6.65. The molecule has 36 heavy (non-hydrogen) atoms. The lowest BCUT2D eigenvalue weighted by Crippen LogP contribution is -2.42. The smallest absolute Gasteiger partial charge is 0.407 e. The minimum atomic E-state index is -0.525. The third-order valence-corrected chi connectivity index (χ3v) is 8.13. The van der Waals surface area contributed by atoms with E-state index in [2.05, 4.69) is 36.6 Å². The summed E-state index contributed by atoms with van der Waals surface area (Å²) < 4.78 is 13.2. The number of fused-ring (bicyclic) bond motifs is 3. The molecule has 2 atom stereocenters. The maximum atomic E-state index is 12.3. The van der Waals surface area contributed by atoms with E-state index in [0.717, 1.165) is 72.1 Å². The van der Waals surface area contributed by atoms with Gasteiger partial charge in [0.25, 0.3) is 0 Å². The molecule has 1 spiro atoms. The fourth-order valence-corrected chi connectivity index (χ4v) is 6.37. The zero-order valence-electron chi connectivity index (χ0n) is 21.4. The van der Waals surface area contributed by atoms with Gasteiger partial charge in [-0.25, -0.2) is 9.78 Å². The number of carbonyl (C=O) groups is 2. The van der Waals surface area contributed by atoms with E-state index in [9.17, 15) is 9.59 Å². The fraction of sp³-hybridized carbons (Fsp3) is 0.680. The van der Waals surface area contributed by atoms with E-state index in [-0.39, 0.29) is 36.2 Å². The van der Waals surface area contributed by atoms with Gasteiger partial charge in [-0.2, -0.15) is 9.61 Å². The van der Waals surface area contributed by atoms with Gasteiger partial charge >= 0.3 is 12.1 Å². The monoisotopic (exact) mass is 562 g/mol. The Balaban J connectivity index is 1.43. The van der Waals surface area contributed by atoms with Gasteiger partial charge in [-0.3, -0.25) is 9.69 Å². The molecule has 196 valence electrons. The van der Waals surface area contributed by atoms with Gasteiger partial charge < -0.3 is 20.1 Å². The van der Waals surface area contributed by atoms with Crippen LogP contribution < -0.4 is 10.6 Å². The van der Waals surface area contributed by atoms with Crippen molar-refractivity contribution >= 4 is 39.5 Å². The minimum Gasteiger partial charge on any atom is -0.468 e. The average molecular weight is 563 g/mol. The molecule has 2 N–H and O–H groups in total. The number of carbonyl (C=O) groups excluding carboxylic acids is 2. The summed E-state index contributed by atoms with van der Waals surface area (Å²) in [5.41, 5.74) is 2.11. The first kappa shape index (κ1) is 25.3. The number of aromatic nitrogens is 3. The second-order valence-electron chi connectivity index (χ2n) is 11.2. The number of methoxy groups -OCH3 is 1. The molecule has 1 amide bonds. The van der Waals surface area contributed by atoms with Gasteiger partial charge in [-0.1, -0.05) is 12.8 Å². The van der Waals surface area contributed by atoms with Gasteiger partial charge in [0.05, 0.1) is 35.6 Å². The molecule has 5 rings (SSSR count). The number of nitrogens with one attached hydrogen (secondary N) is 2. The summed E-state index contributed by atoms with van der Waals surface area (Å²) in [5.74, 6) is 0.684. The third-order valence-electron chi connectivity index (χ3n) is 7.57. The molecule has 2 saturated carbocycles. The summed E-state index contributed by atoms with van der Waals surface area (Å²) in [6.45, 7) is 6.44. The van der Waals surface area contributed by atoms with E-state index in [1.165, 1.54) is 7.11 Å². The lowest BCUT2D eigenvalue weighted by atomic mass is 9.92. The third kappa shape index (κ3) is 4.67. The molecule has 11 heteroatoms. The largest absolute Gasteiger partial charge is 0.468 e. The molecule has 2 fully saturated rings. The predicted octanol–water partition coefficient (Wildman–Crippen LogP) is 4.11. The molecule has 3 aliphatic rings. The zero-order chi connectivity index (χ0) is 25.7. The van der Waals surface area contributed by atoms with Crippen molar-refractivity contribution in [1.82, 2.24) is 24.8 Å². The van der Waals surface area contributed by atoms with E-state index < -0.39 is 5.60 Å². The number of hydrogen-bond acceptors (Lipinski definition) is 8. The van der Waals surface area contributed by atoms with Gasteiger partial charge in [0.15, 0.2) is 5.65 Å². The van der Waals surface area contributed by atoms with Crippen molar-refractivity contribution in [1.29, 1.82) is 0 Å². The quantitative estimate of drug-likeness (QED) is 0.524. The molecule has 1 aliphatic heterocycles. The van der Waals surface area contributed by atoms with Crippen LogP contribution in [0.5, 0.6) is 0 Å². The standard InChI is InChI=1S/C25H35BrN6O4/c1-24(2,3)36-23(34)29-16-8-7-15(11-16)28-21-17-13-31(14-19(33)35-4)25(9-5-6-10-25)20(17)30-22-18(26)12-27-32(21)22/h12,15-16,28H,5-11,13-14H2,1-4H3,(H,29,34)/t15-,16-/m0/s1. The Labute approximate surface area is 219 Å². The number of esters is 1. The van der Waals surface area contributed by atoms with Crippen LogP contribution in [0.15, 0.2) is 10.7 Å². The van der Waals surface area contributed by atoms with Gasteiger partial charge in [0.1, 0.15) is 11.4 Å². The number of hydrogen-bond donors (Lipinski definition) is 2. The summed E-state index contributed by atoms with van der Waals surface area (Å²) in [7, 11) is 1.44. The summed E-state index contributed by atoms with van der Waals surface area (Å²) in [4.78, 5) is 31.9. The summed E-state index contributed by atoms with van der Waals surface area (Å²) in [6.07, 6.45) is 8.12. The Morgan fingerprint density at radius 3 is 2.64 bits per heavy atom. The normalized spacial score (nSPS) is 23.2. The number of ether oxygens (including phenoxy) is 2. The fourth-order valence-electron chi connectivity index (χ4n) is 6.03. The van der Waals surface area contributed by atoms with Crippen molar-refractivity contribution in [2.45, 2.75) is 95.5 Å². The van der Waals surface area contributed by atoms with Crippen LogP contribution in [0.2, 0.25) is 0 Å². The van der Waals surface area contributed by atoms with Crippen molar-refractivity contribution in [3.63, 3.8) is 0 Å². The molecule has 0 unspecified atom stereocenters. The predicted molar refractivity (Wildman–Crippen MR) is 138 cm³/mol. The first-order valence-corrected chi connectivity index (χ1v) is 13.5. The van der Waals surface area contributed by atoms with E-state index >= 15 is 0 Å². The number of amides is 1. The highest BCUT2D eigenvalue weighted by Crippen LogP contribution is 2.51. The van der Waals surface area contributed by atoms with Gasteiger partial charge in [-0.15, -0.1) is 0 Å². The van der Waals surface area contributed by atoms with Crippen LogP contribution in [0.3, 0.4) is 0 Å². The summed E-state index contributed by atoms with van der Waals surface area (Å²) in [6, 6.07) is 0.209. The molecule has 2 aliphatic carbocycles. The highest BCUT2D eigenvalue weighted by molar-refractivity contribution is 9.10. The van der Waals surface area contributed by atoms with Gasteiger partial charge in [0, 0.05) is 24.2 Å². The van der Waals surface area contributed by atoms with E-state index in [1.54, 1.807) is 6.20 Å². The molecule has 10 nitrogen and oxygen atoms in total. The van der Waals surface area contributed by atoms with Crippen molar-refractivity contribution in [3.8, 4) is 0 Å². The van der Waals surface area contributed by atoms with E-state index in [0.29, 0.717) is 6.54 Å². The lowest BCUT2D eigenvalue weighted by molar-refractivity contribution is -0.143.